The molecule has 1 aromatic carbocycles. The van der Waals surface area contributed by atoms with Crippen molar-refractivity contribution in [2.75, 3.05) is 0 Å². The molecule has 0 spiro atoms. The second kappa shape index (κ2) is 4.79. The lowest BCUT2D eigenvalue weighted by molar-refractivity contribution is -0.143. The third-order valence-electron chi connectivity index (χ3n) is 2.58. The zero-order valence-corrected chi connectivity index (χ0v) is 10.9. The molecule has 0 N–H and O–H groups in total. The summed E-state index contributed by atoms with van der Waals surface area (Å²) in [4.78, 5) is 11.9. The highest BCUT2D eigenvalue weighted by atomic mass is 19.4. The maximum Gasteiger partial charge on any atom is 0.417 e. The maximum absolute atomic E-state index is 12.8. The van der Waals surface area contributed by atoms with Gasteiger partial charge in [0.2, 0.25) is 0 Å². The molecule has 0 heterocycles. The van der Waals surface area contributed by atoms with Gasteiger partial charge in [-0.05, 0) is 12.1 Å². The number of hydrogen-bond acceptors (Lipinski definition) is 1. The van der Waals surface area contributed by atoms with Crippen LogP contribution in [0.25, 0.3) is 0 Å². The van der Waals surface area contributed by atoms with Crippen molar-refractivity contribution >= 4 is 5.78 Å². The first-order chi connectivity index (χ1) is 8.74. The van der Waals surface area contributed by atoms with Gasteiger partial charge >= 0.3 is 12.4 Å². The van der Waals surface area contributed by atoms with Crippen LogP contribution < -0.4 is 0 Å². The molecule has 0 aliphatic heterocycles. The molecule has 1 nitrogen and oxygen atoms in total. The van der Waals surface area contributed by atoms with Crippen LogP contribution in [-0.2, 0) is 12.4 Å². The van der Waals surface area contributed by atoms with Gasteiger partial charge in [-0.1, -0.05) is 26.8 Å². The summed E-state index contributed by atoms with van der Waals surface area (Å²) in [5.41, 5.74) is -4.87. The Morgan fingerprint density at radius 3 is 1.75 bits per heavy atom. The molecule has 0 unspecified atom stereocenters. The van der Waals surface area contributed by atoms with Gasteiger partial charge in [0.1, 0.15) is 0 Å². The first-order valence-electron chi connectivity index (χ1n) is 5.58. The molecule has 0 bridgehead atoms. The van der Waals surface area contributed by atoms with E-state index in [1.807, 2.05) is 0 Å². The minimum absolute atomic E-state index is 0.0288. The smallest absolute Gasteiger partial charge is 0.294 e. The molecule has 20 heavy (non-hydrogen) atoms. The molecular weight excluding hydrogens is 286 g/mol. The van der Waals surface area contributed by atoms with Gasteiger partial charge in [-0.15, -0.1) is 0 Å². The summed E-state index contributed by atoms with van der Waals surface area (Å²) >= 11 is 0. The van der Waals surface area contributed by atoms with Crippen LogP contribution in [-0.4, -0.2) is 5.78 Å². The van der Waals surface area contributed by atoms with Crippen LogP contribution in [0.3, 0.4) is 0 Å². The molecule has 0 aliphatic carbocycles. The van der Waals surface area contributed by atoms with Crippen molar-refractivity contribution in [1.82, 2.24) is 0 Å². The van der Waals surface area contributed by atoms with Crippen LogP contribution in [0.2, 0.25) is 0 Å². The normalized spacial score (nSPS) is 13.4. The topological polar surface area (TPSA) is 17.1 Å². The summed E-state index contributed by atoms with van der Waals surface area (Å²) in [6.07, 6.45) is -9.93. The molecule has 0 aliphatic rings. The van der Waals surface area contributed by atoms with Crippen molar-refractivity contribution in [3.05, 3.63) is 34.9 Å². The molecule has 0 aromatic heterocycles. The predicted octanol–water partition coefficient (Wildman–Crippen LogP) is 4.95. The molecule has 1 rings (SSSR count). The first kappa shape index (κ1) is 16.5. The number of Topliss-reactive ketones (excluding diaryl/α,β-unsaturated/α-hetero) is 1. The Morgan fingerprint density at radius 1 is 0.900 bits per heavy atom. The highest BCUT2D eigenvalue weighted by Crippen LogP contribution is 2.38. The average molecular weight is 298 g/mol. The van der Waals surface area contributed by atoms with Crippen LogP contribution in [0.15, 0.2) is 18.2 Å². The number of carbonyl (C=O) groups excluding carboxylic acids is 1. The number of benzene rings is 1. The quantitative estimate of drug-likeness (QED) is 0.529. The molecule has 112 valence electrons. The van der Waals surface area contributed by atoms with E-state index in [1.165, 1.54) is 20.8 Å². The second-order valence-corrected chi connectivity index (χ2v) is 5.34. The maximum atomic E-state index is 12.8. The minimum atomic E-state index is -5.03. The number of alkyl halides is 6. The molecule has 0 saturated carbocycles. The lowest BCUT2D eigenvalue weighted by Gasteiger charge is -2.21. The summed E-state index contributed by atoms with van der Waals surface area (Å²) in [6.45, 7) is 4.19. The van der Waals surface area contributed by atoms with Gasteiger partial charge in [-0.3, -0.25) is 4.79 Å². The van der Waals surface area contributed by atoms with Crippen molar-refractivity contribution in [3.63, 3.8) is 0 Å². The zero-order chi connectivity index (χ0) is 15.9. The van der Waals surface area contributed by atoms with E-state index >= 15 is 0 Å². The monoisotopic (exact) mass is 298 g/mol. The van der Waals surface area contributed by atoms with Gasteiger partial charge in [-0.25, -0.2) is 0 Å². The minimum Gasteiger partial charge on any atom is -0.294 e. The van der Waals surface area contributed by atoms with Crippen LogP contribution in [0.4, 0.5) is 26.3 Å². The lowest BCUT2D eigenvalue weighted by atomic mass is 9.84. The van der Waals surface area contributed by atoms with Crippen molar-refractivity contribution in [1.29, 1.82) is 0 Å². The van der Waals surface area contributed by atoms with Gasteiger partial charge in [-0.2, -0.15) is 26.3 Å². The Kier molecular flexibility index (Phi) is 3.95. The molecule has 0 radical (unpaired) electrons. The largest absolute Gasteiger partial charge is 0.417 e. The highest BCUT2D eigenvalue weighted by molar-refractivity contribution is 6.01. The number of hydrogen-bond donors (Lipinski definition) is 0. The Bertz CT molecular complexity index is 519. The van der Waals surface area contributed by atoms with E-state index in [9.17, 15) is 31.1 Å². The Labute approximate surface area is 111 Å². The SMILES string of the molecule is CC(C)(C)C(=O)c1ccc(C(F)(F)F)cc1C(F)(F)F. The van der Waals surface area contributed by atoms with E-state index in [-0.39, 0.29) is 6.07 Å². The molecule has 0 fully saturated rings. The van der Waals surface area contributed by atoms with Crippen molar-refractivity contribution in [2.45, 2.75) is 33.1 Å². The third-order valence-corrected chi connectivity index (χ3v) is 2.58. The van der Waals surface area contributed by atoms with E-state index in [0.29, 0.717) is 12.1 Å². The van der Waals surface area contributed by atoms with Gasteiger partial charge in [0, 0.05) is 11.0 Å². The molecule has 0 amide bonds. The Morgan fingerprint density at radius 2 is 1.40 bits per heavy atom. The molecule has 0 saturated heterocycles. The van der Waals surface area contributed by atoms with Gasteiger partial charge in [0.15, 0.2) is 5.78 Å². The fourth-order valence-corrected chi connectivity index (χ4v) is 1.56. The summed E-state index contributed by atoms with van der Waals surface area (Å²) < 4.78 is 75.9. The molecular formula is C13H12F6O. The van der Waals surface area contributed by atoms with Crippen molar-refractivity contribution in [2.24, 2.45) is 5.41 Å². The lowest BCUT2D eigenvalue weighted by Crippen LogP contribution is -2.24. The number of carbonyl (C=O) groups is 1. The van der Waals surface area contributed by atoms with Crippen LogP contribution in [0, 0.1) is 5.41 Å². The van der Waals surface area contributed by atoms with Gasteiger partial charge in [0.25, 0.3) is 0 Å². The first-order valence-corrected chi connectivity index (χ1v) is 5.58. The molecule has 7 heteroatoms. The van der Waals surface area contributed by atoms with Crippen molar-refractivity contribution in [3.8, 4) is 0 Å². The fraction of sp³-hybridized carbons (Fsp3) is 0.462. The number of ketones is 1. The summed E-state index contributed by atoms with van der Waals surface area (Å²) in [5.74, 6) is -0.862. The zero-order valence-electron chi connectivity index (χ0n) is 10.9. The average Bonchev–Trinajstić information content (AvgIpc) is 2.23. The van der Waals surface area contributed by atoms with E-state index in [1.54, 1.807) is 0 Å². The van der Waals surface area contributed by atoms with Gasteiger partial charge < -0.3 is 0 Å². The molecule has 0 atom stereocenters. The number of rotatable bonds is 1. The number of halogens is 6. The second-order valence-electron chi connectivity index (χ2n) is 5.34. The fourth-order valence-electron chi connectivity index (χ4n) is 1.56. The van der Waals surface area contributed by atoms with Gasteiger partial charge in [0.05, 0.1) is 11.1 Å². The summed E-state index contributed by atoms with van der Waals surface area (Å²) in [7, 11) is 0. The van der Waals surface area contributed by atoms with E-state index in [2.05, 4.69) is 0 Å². The predicted molar refractivity (Wildman–Crippen MR) is 60.2 cm³/mol. The molecule has 1 aromatic rings. The van der Waals surface area contributed by atoms with Crippen molar-refractivity contribution < 1.29 is 31.1 Å². The standard InChI is InChI=1S/C13H12F6O/c1-11(2,3)10(20)8-5-4-7(12(14,15)16)6-9(8)13(17,18)19/h4-6H,1-3H3. The van der Waals surface area contributed by atoms with E-state index < -0.39 is 40.2 Å². The van der Waals surface area contributed by atoms with Crippen LogP contribution >= 0.6 is 0 Å². The summed E-state index contributed by atoms with van der Waals surface area (Å²) in [5, 5.41) is 0. The highest BCUT2D eigenvalue weighted by Gasteiger charge is 2.40. The van der Waals surface area contributed by atoms with E-state index in [0.717, 1.165) is 0 Å². The summed E-state index contributed by atoms with van der Waals surface area (Å²) in [6, 6.07) is 1.03. The Hall–Kier alpha value is -1.53. The van der Waals surface area contributed by atoms with E-state index in [4.69, 9.17) is 0 Å². The van der Waals surface area contributed by atoms with Crippen LogP contribution in [0.5, 0.6) is 0 Å². The Balaban J connectivity index is 3.52. The van der Waals surface area contributed by atoms with Crippen LogP contribution in [0.1, 0.15) is 42.3 Å². The third kappa shape index (κ3) is 3.52.